The fourth-order valence-electron chi connectivity index (χ4n) is 1.22. The molecule has 0 aliphatic rings. The lowest BCUT2D eigenvalue weighted by Crippen LogP contribution is -2.15. The van der Waals surface area contributed by atoms with Gasteiger partial charge in [0.05, 0.1) is 17.6 Å². The van der Waals surface area contributed by atoms with E-state index in [4.69, 9.17) is 5.73 Å². The van der Waals surface area contributed by atoms with E-state index in [1.807, 2.05) is 11.6 Å². The third kappa shape index (κ3) is 2.73. The quantitative estimate of drug-likeness (QED) is 0.746. The molecule has 0 spiro atoms. The van der Waals surface area contributed by atoms with Crippen LogP contribution in [-0.2, 0) is 6.54 Å². The van der Waals surface area contributed by atoms with Gasteiger partial charge in [0.2, 0.25) is 0 Å². The molecule has 0 radical (unpaired) electrons. The number of anilines is 1. The minimum Gasteiger partial charge on any atom is -0.396 e. The van der Waals surface area contributed by atoms with Crippen LogP contribution in [0.5, 0.6) is 0 Å². The maximum absolute atomic E-state index is 5.68. The molecule has 0 unspecified atom stereocenters. The maximum Gasteiger partial charge on any atom is 0.0730 e. The zero-order chi connectivity index (χ0) is 9.84. The van der Waals surface area contributed by atoms with E-state index < -0.39 is 0 Å². The van der Waals surface area contributed by atoms with E-state index in [-0.39, 0.29) is 0 Å². The Kier molecular flexibility index (Phi) is 3.31. The highest BCUT2D eigenvalue weighted by Gasteiger charge is 2.01. The zero-order valence-electron chi connectivity index (χ0n) is 8.62. The number of rotatable bonds is 4. The van der Waals surface area contributed by atoms with E-state index >= 15 is 0 Å². The lowest BCUT2D eigenvalue weighted by atomic mass is 10.3. The second-order valence-electron chi connectivity index (χ2n) is 3.57. The third-order valence-corrected chi connectivity index (χ3v) is 2.12. The Bertz CT molecular complexity index is 265. The highest BCUT2D eigenvalue weighted by Crippen LogP contribution is 2.08. The van der Waals surface area contributed by atoms with Crippen LogP contribution >= 0.6 is 0 Å². The molecule has 1 heterocycles. The minimum atomic E-state index is 0.782. The Labute approximate surface area is 79.3 Å². The lowest BCUT2D eigenvalue weighted by molar-refractivity contribution is 0.379. The molecule has 0 aliphatic carbocycles. The van der Waals surface area contributed by atoms with Crippen molar-refractivity contribution in [1.29, 1.82) is 0 Å². The van der Waals surface area contributed by atoms with Gasteiger partial charge in [-0.2, -0.15) is 5.10 Å². The normalized spacial score (nSPS) is 11.1. The average Bonchev–Trinajstić information content (AvgIpc) is 2.35. The number of nitrogens with zero attached hydrogens (tertiary/aromatic N) is 3. The monoisotopic (exact) mass is 182 g/mol. The van der Waals surface area contributed by atoms with Gasteiger partial charge < -0.3 is 10.6 Å². The molecule has 0 saturated heterocycles. The summed E-state index contributed by atoms with van der Waals surface area (Å²) >= 11 is 0. The van der Waals surface area contributed by atoms with Gasteiger partial charge in [-0.05, 0) is 34.0 Å². The van der Waals surface area contributed by atoms with E-state index in [2.05, 4.69) is 24.1 Å². The van der Waals surface area contributed by atoms with Gasteiger partial charge in [-0.1, -0.05) is 0 Å². The van der Waals surface area contributed by atoms with Gasteiger partial charge in [0.1, 0.15) is 0 Å². The van der Waals surface area contributed by atoms with Crippen LogP contribution in [-0.4, -0.2) is 35.3 Å². The molecular weight excluding hydrogens is 164 g/mol. The average molecular weight is 182 g/mol. The largest absolute Gasteiger partial charge is 0.396 e. The van der Waals surface area contributed by atoms with E-state index in [9.17, 15) is 0 Å². The van der Waals surface area contributed by atoms with Gasteiger partial charge in [-0.25, -0.2) is 0 Å². The Morgan fingerprint density at radius 3 is 2.69 bits per heavy atom. The number of aromatic nitrogens is 2. The highest BCUT2D eigenvalue weighted by molar-refractivity contribution is 5.39. The Balaban J connectivity index is 2.41. The molecule has 4 heteroatoms. The lowest BCUT2D eigenvalue weighted by Gasteiger charge is -2.09. The molecule has 2 N–H and O–H groups in total. The van der Waals surface area contributed by atoms with Crippen molar-refractivity contribution >= 4 is 5.69 Å². The van der Waals surface area contributed by atoms with Gasteiger partial charge in [-0.3, -0.25) is 4.68 Å². The van der Waals surface area contributed by atoms with Crippen molar-refractivity contribution in [2.75, 3.05) is 26.4 Å². The van der Waals surface area contributed by atoms with Crippen LogP contribution in [0.25, 0.3) is 0 Å². The van der Waals surface area contributed by atoms with Crippen molar-refractivity contribution in [3.8, 4) is 0 Å². The van der Waals surface area contributed by atoms with E-state index in [0.717, 1.165) is 30.9 Å². The first-order chi connectivity index (χ1) is 6.11. The third-order valence-electron chi connectivity index (χ3n) is 2.12. The topological polar surface area (TPSA) is 47.1 Å². The fourth-order valence-corrected chi connectivity index (χ4v) is 1.22. The van der Waals surface area contributed by atoms with Crippen LogP contribution in [0, 0.1) is 6.92 Å². The molecule has 74 valence electrons. The van der Waals surface area contributed by atoms with E-state index in [1.54, 1.807) is 6.20 Å². The first-order valence-electron chi connectivity index (χ1n) is 4.54. The van der Waals surface area contributed by atoms with E-state index in [0.29, 0.717) is 0 Å². The van der Waals surface area contributed by atoms with Crippen molar-refractivity contribution < 1.29 is 0 Å². The maximum atomic E-state index is 5.68. The molecule has 1 aromatic heterocycles. The second-order valence-corrected chi connectivity index (χ2v) is 3.57. The Morgan fingerprint density at radius 1 is 1.54 bits per heavy atom. The number of nitrogens with two attached hydrogens (primary N) is 1. The van der Waals surface area contributed by atoms with Gasteiger partial charge in [0.25, 0.3) is 0 Å². The first-order valence-corrected chi connectivity index (χ1v) is 4.54. The van der Waals surface area contributed by atoms with Gasteiger partial charge in [0, 0.05) is 6.54 Å². The fraction of sp³-hybridized carbons (Fsp3) is 0.667. The summed E-state index contributed by atoms with van der Waals surface area (Å²) in [5.74, 6) is 0. The Morgan fingerprint density at radius 2 is 2.23 bits per heavy atom. The summed E-state index contributed by atoms with van der Waals surface area (Å²) in [6.07, 6.45) is 2.82. The number of hydrogen-bond donors (Lipinski definition) is 1. The van der Waals surface area contributed by atoms with Crippen molar-refractivity contribution in [3.05, 3.63) is 11.9 Å². The molecule has 0 atom stereocenters. The molecule has 0 saturated carbocycles. The van der Waals surface area contributed by atoms with Crippen molar-refractivity contribution in [1.82, 2.24) is 14.7 Å². The van der Waals surface area contributed by atoms with Gasteiger partial charge in [-0.15, -0.1) is 0 Å². The molecular formula is C9H18N4. The minimum absolute atomic E-state index is 0.782. The molecule has 0 bridgehead atoms. The molecule has 0 aromatic carbocycles. The van der Waals surface area contributed by atoms with Crippen LogP contribution in [0.3, 0.4) is 0 Å². The SMILES string of the molecule is Cc1c(N)cnn1CCCN(C)C. The summed E-state index contributed by atoms with van der Waals surface area (Å²) in [6.45, 7) is 4.03. The van der Waals surface area contributed by atoms with Crippen molar-refractivity contribution in [3.63, 3.8) is 0 Å². The summed E-state index contributed by atoms with van der Waals surface area (Å²) in [5, 5.41) is 4.19. The Hall–Kier alpha value is -1.03. The smallest absolute Gasteiger partial charge is 0.0730 e. The number of aryl methyl sites for hydroxylation is 1. The molecule has 1 aromatic rings. The second kappa shape index (κ2) is 4.28. The summed E-state index contributed by atoms with van der Waals surface area (Å²) in [5.41, 5.74) is 7.53. The summed E-state index contributed by atoms with van der Waals surface area (Å²) in [4.78, 5) is 2.17. The van der Waals surface area contributed by atoms with Crippen LogP contribution in [0.2, 0.25) is 0 Å². The molecule has 0 fully saturated rings. The molecule has 4 nitrogen and oxygen atoms in total. The van der Waals surface area contributed by atoms with Crippen LogP contribution < -0.4 is 5.73 Å². The zero-order valence-corrected chi connectivity index (χ0v) is 8.62. The van der Waals surface area contributed by atoms with Crippen LogP contribution in [0.1, 0.15) is 12.1 Å². The van der Waals surface area contributed by atoms with Crippen LogP contribution in [0.4, 0.5) is 5.69 Å². The summed E-state index contributed by atoms with van der Waals surface area (Å²) in [6, 6.07) is 0. The van der Waals surface area contributed by atoms with E-state index in [1.165, 1.54) is 0 Å². The standard InChI is InChI=1S/C9H18N4/c1-8-9(10)7-11-13(8)6-4-5-12(2)3/h7H,4-6,10H2,1-3H3. The molecule has 13 heavy (non-hydrogen) atoms. The highest BCUT2D eigenvalue weighted by atomic mass is 15.3. The predicted molar refractivity (Wildman–Crippen MR) is 54.5 cm³/mol. The number of hydrogen-bond acceptors (Lipinski definition) is 3. The van der Waals surface area contributed by atoms with Crippen LogP contribution in [0.15, 0.2) is 6.20 Å². The van der Waals surface area contributed by atoms with Gasteiger partial charge >= 0.3 is 0 Å². The molecule has 1 rings (SSSR count). The van der Waals surface area contributed by atoms with Gasteiger partial charge in [0.15, 0.2) is 0 Å². The molecule has 0 aliphatic heterocycles. The summed E-state index contributed by atoms with van der Waals surface area (Å²) < 4.78 is 1.96. The summed E-state index contributed by atoms with van der Waals surface area (Å²) in [7, 11) is 4.15. The number of nitrogen functional groups attached to an aromatic ring is 1. The predicted octanol–water partition coefficient (Wildman–Crippen LogP) is 0.725. The first kappa shape index (κ1) is 10.1. The van der Waals surface area contributed by atoms with Crippen molar-refractivity contribution in [2.24, 2.45) is 0 Å². The molecule has 0 amide bonds. The van der Waals surface area contributed by atoms with Crippen molar-refractivity contribution in [2.45, 2.75) is 19.9 Å².